The lowest BCUT2D eigenvalue weighted by Crippen LogP contribution is -1.94. The fraction of sp³-hybridized carbons (Fsp3) is 0.143. The highest BCUT2D eigenvalue weighted by molar-refractivity contribution is 6.32. The van der Waals surface area contributed by atoms with E-state index in [-0.39, 0.29) is 11.4 Å². The molecule has 2 aromatic carbocycles. The third kappa shape index (κ3) is 3.56. The molecule has 110 valence electrons. The maximum Gasteiger partial charge on any atom is 0.314 e. The summed E-state index contributed by atoms with van der Waals surface area (Å²) in [4.78, 5) is 10.4. The molecule has 7 heteroatoms. The van der Waals surface area contributed by atoms with E-state index in [0.29, 0.717) is 22.4 Å². The van der Waals surface area contributed by atoms with Crippen molar-refractivity contribution < 1.29 is 14.4 Å². The van der Waals surface area contributed by atoms with E-state index >= 15 is 0 Å². The maximum absolute atomic E-state index is 11.0. The number of methoxy groups -OCH3 is 1. The first kappa shape index (κ1) is 15.4. The van der Waals surface area contributed by atoms with Crippen molar-refractivity contribution in [1.82, 2.24) is 0 Å². The Morgan fingerprint density at radius 1 is 1.19 bits per heavy atom. The number of benzene rings is 2. The first-order valence-corrected chi connectivity index (χ1v) is 6.81. The fourth-order valence-electron chi connectivity index (χ4n) is 1.71. The summed E-state index contributed by atoms with van der Waals surface area (Å²) in [5.74, 6) is 1.25. The zero-order valence-corrected chi connectivity index (χ0v) is 12.5. The molecule has 0 heterocycles. The Morgan fingerprint density at radius 3 is 2.43 bits per heavy atom. The van der Waals surface area contributed by atoms with Crippen molar-refractivity contribution in [3.63, 3.8) is 0 Å². The second kappa shape index (κ2) is 6.65. The van der Waals surface area contributed by atoms with Crippen LogP contribution in [-0.4, -0.2) is 12.0 Å². The Balaban J connectivity index is 2.29. The van der Waals surface area contributed by atoms with Crippen LogP contribution >= 0.6 is 23.2 Å². The van der Waals surface area contributed by atoms with Crippen LogP contribution in [0.2, 0.25) is 5.02 Å². The van der Waals surface area contributed by atoms with E-state index in [1.54, 1.807) is 24.3 Å². The van der Waals surface area contributed by atoms with Gasteiger partial charge in [-0.3, -0.25) is 10.1 Å². The Labute approximate surface area is 131 Å². The summed E-state index contributed by atoms with van der Waals surface area (Å²) in [6.45, 7) is 0. The molecule has 0 radical (unpaired) electrons. The van der Waals surface area contributed by atoms with Gasteiger partial charge < -0.3 is 9.47 Å². The van der Waals surface area contributed by atoms with Gasteiger partial charge in [-0.15, -0.1) is 11.6 Å². The first-order chi connectivity index (χ1) is 10.0. The van der Waals surface area contributed by atoms with Crippen LogP contribution in [0.3, 0.4) is 0 Å². The van der Waals surface area contributed by atoms with Crippen LogP contribution in [0.15, 0.2) is 36.4 Å². The highest BCUT2D eigenvalue weighted by atomic mass is 35.5. The zero-order chi connectivity index (χ0) is 15.4. The van der Waals surface area contributed by atoms with Crippen LogP contribution in [-0.2, 0) is 5.88 Å². The summed E-state index contributed by atoms with van der Waals surface area (Å²) in [5, 5.41) is 11.4. The van der Waals surface area contributed by atoms with Gasteiger partial charge in [0.05, 0.1) is 18.1 Å². The Morgan fingerprint density at radius 2 is 1.86 bits per heavy atom. The van der Waals surface area contributed by atoms with E-state index in [1.165, 1.54) is 19.2 Å². The van der Waals surface area contributed by atoms with Crippen molar-refractivity contribution in [1.29, 1.82) is 0 Å². The highest BCUT2D eigenvalue weighted by Crippen LogP contribution is 2.34. The normalized spacial score (nSPS) is 10.2. The molecule has 0 fully saturated rings. The topological polar surface area (TPSA) is 61.6 Å². The van der Waals surface area contributed by atoms with E-state index in [0.717, 1.165) is 5.56 Å². The van der Waals surface area contributed by atoms with Gasteiger partial charge in [0.25, 0.3) is 0 Å². The smallest absolute Gasteiger partial charge is 0.314 e. The van der Waals surface area contributed by atoms with Crippen molar-refractivity contribution in [3.8, 4) is 17.2 Å². The molecule has 0 N–H and O–H groups in total. The Kier molecular flexibility index (Phi) is 4.88. The summed E-state index contributed by atoms with van der Waals surface area (Å²) >= 11 is 11.8. The number of nitro benzene ring substituents is 1. The standard InChI is InChI=1S/C14H11Cl2NO4/c1-20-14-5-4-11(7-13(14)17(18)19)21-10-3-2-9(8-15)12(16)6-10/h2-7H,8H2,1H3. The van der Waals surface area contributed by atoms with Gasteiger partial charge in [-0.05, 0) is 29.8 Å². The molecule has 0 unspecified atom stereocenters. The molecule has 0 amide bonds. The molecule has 0 aliphatic heterocycles. The van der Waals surface area contributed by atoms with Gasteiger partial charge >= 0.3 is 5.69 Å². The molecule has 0 saturated heterocycles. The third-order valence-corrected chi connectivity index (χ3v) is 3.39. The molecule has 2 aromatic rings. The van der Waals surface area contributed by atoms with E-state index in [9.17, 15) is 10.1 Å². The predicted octanol–water partition coefficient (Wildman–Crippen LogP) is 4.79. The summed E-state index contributed by atoms with van der Waals surface area (Å²) in [6, 6.07) is 9.39. The minimum absolute atomic E-state index is 0.168. The molecule has 0 atom stereocenters. The monoisotopic (exact) mass is 327 g/mol. The lowest BCUT2D eigenvalue weighted by molar-refractivity contribution is -0.385. The Hall–Kier alpha value is -1.98. The summed E-state index contributed by atoms with van der Waals surface area (Å²) in [5.41, 5.74) is 0.616. The predicted molar refractivity (Wildman–Crippen MR) is 80.7 cm³/mol. The molecular weight excluding hydrogens is 317 g/mol. The average molecular weight is 328 g/mol. The van der Waals surface area contributed by atoms with E-state index < -0.39 is 4.92 Å². The van der Waals surface area contributed by atoms with Crippen LogP contribution in [0.1, 0.15) is 5.56 Å². The lowest BCUT2D eigenvalue weighted by atomic mass is 10.2. The molecule has 0 aromatic heterocycles. The number of hydrogen-bond donors (Lipinski definition) is 0. The van der Waals surface area contributed by atoms with Gasteiger partial charge in [0, 0.05) is 10.9 Å². The number of hydrogen-bond acceptors (Lipinski definition) is 4. The molecule has 2 rings (SSSR count). The van der Waals surface area contributed by atoms with Crippen molar-refractivity contribution in [2.75, 3.05) is 7.11 Å². The summed E-state index contributed by atoms with van der Waals surface area (Å²) < 4.78 is 10.5. The van der Waals surface area contributed by atoms with Crippen LogP contribution < -0.4 is 9.47 Å². The molecule has 0 saturated carbocycles. The maximum atomic E-state index is 11.0. The van der Waals surface area contributed by atoms with E-state index in [4.69, 9.17) is 32.7 Å². The van der Waals surface area contributed by atoms with Crippen molar-refractivity contribution >= 4 is 28.9 Å². The van der Waals surface area contributed by atoms with Gasteiger partial charge in [0.2, 0.25) is 0 Å². The average Bonchev–Trinajstić information content (AvgIpc) is 2.47. The van der Waals surface area contributed by atoms with Crippen molar-refractivity contribution in [3.05, 3.63) is 57.1 Å². The molecule has 0 aliphatic rings. The quantitative estimate of drug-likeness (QED) is 0.450. The molecule has 0 bridgehead atoms. The van der Waals surface area contributed by atoms with Gasteiger partial charge in [-0.1, -0.05) is 17.7 Å². The van der Waals surface area contributed by atoms with Crippen LogP contribution in [0, 0.1) is 10.1 Å². The van der Waals surface area contributed by atoms with E-state index in [2.05, 4.69) is 0 Å². The second-order valence-corrected chi connectivity index (χ2v) is 4.75. The summed E-state index contributed by atoms with van der Waals surface area (Å²) in [6.07, 6.45) is 0. The largest absolute Gasteiger partial charge is 0.490 e. The highest BCUT2D eigenvalue weighted by Gasteiger charge is 2.16. The number of rotatable bonds is 5. The number of halogens is 2. The van der Waals surface area contributed by atoms with Crippen LogP contribution in [0.4, 0.5) is 5.69 Å². The third-order valence-electron chi connectivity index (χ3n) is 2.75. The first-order valence-electron chi connectivity index (χ1n) is 5.90. The second-order valence-electron chi connectivity index (χ2n) is 4.08. The van der Waals surface area contributed by atoms with Crippen LogP contribution in [0.5, 0.6) is 17.2 Å². The number of alkyl halides is 1. The lowest BCUT2D eigenvalue weighted by Gasteiger charge is -2.09. The molecule has 5 nitrogen and oxygen atoms in total. The molecular formula is C14H11Cl2NO4. The fourth-order valence-corrected chi connectivity index (χ4v) is 2.25. The Bertz CT molecular complexity index is 676. The van der Waals surface area contributed by atoms with Crippen molar-refractivity contribution in [2.24, 2.45) is 0 Å². The summed E-state index contributed by atoms with van der Waals surface area (Å²) in [7, 11) is 1.37. The zero-order valence-electron chi connectivity index (χ0n) is 11.0. The number of nitro groups is 1. The van der Waals surface area contributed by atoms with Gasteiger partial charge in [-0.25, -0.2) is 0 Å². The van der Waals surface area contributed by atoms with Gasteiger partial charge in [0.1, 0.15) is 11.5 Å². The number of ether oxygens (including phenoxy) is 2. The minimum Gasteiger partial charge on any atom is -0.490 e. The van der Waals surface area contributed by atoms with Gasteiger partial charge in [0.15, 0.2) is 5.75 Å². The van der Waals surface area contributed by atoms with Gasteiger partial charge in [-0.2, -0.15) is 0 Å². The molecule has 21 heavy (non-hydrogen) atoms. The molecule has 0 aliphatic carbocycles. The minimum atomic E-state index is -0.532. The van der Waals surface area contributed by atoms with Crippen molar-refractivity contribution in [2.45, 2.75) is 5.88 Å². The van der Waals surface area contributed by atoms with E-state index in [1.807, 2.05) is 0 Å². The number of nitrogens with zero attached hydrogens (tertiary/aromatic N) is 1. The van der Waals surface area contributed by atoms with Crippen LogP contribution in [0.25, 0.3) is 0 Å². The SMILES string of the molecule is COc1ccc(Oc2ccc(CCl)c(Cl)c2)cc1[N+](=O)[O-]. The molecule has 0 spiro atoms.